The molecule has 0 radical (unpaired) electrons. The van der Waals surface area contributed by atoms with Crippen molar-refractivity contribution in [2.24, 2.45) is 11.8 Å². The lowest BCUT2D eigenvalue weighted by Crippen LogP contribution is -2.39. The fourth-order valence-electron chi connectivity index (χ4n) is 4.61. The van der Waals surface area contributed by atoms with Crippen molar-refractivity contribution >= 4 is 23.2 Å². The van der Waals surface area contributed by atoms with Crippen LogP contribution in [0.4, 0.5) is 0 Å². The number of nitrogens with zero attached hydrogens (tertiary/aromatic N) is 1. The van der Waals surface area contributed by atoms with Crippen LogP contribution in [0.15, 0.2) is 6.07 Å². The van der Waals surface area contributed by atoms with Gasteiger partial charge in [0.05, 0.1) is 4.88 Å². The number of hydrogen-bond acceptors (Lipinski definition) is 3. The van der Waals surface area contributed by atoms with Crippen LogP contribution in [0.3, 0.4) is 0 Å². The Labute approximate surface area is 160 Å². The van der Waals surface area contributed by atoms with Gasteiger partial charge in [0.25, 0.3) is 5.91 Å². The molecule has 1 saturated carbocycles. The maximum Gasteiger partial charge on any atom is 0.263 e. The van der Waals surface area contributed by atoms with E-state index in [9.17, 15) is 9.59 Å². The maximum absolute atomic E-state index is 12.8. The third kappa shape index (κ3) is 3.83. The van der Waals surface area contributed by atoms with Crippen LogP contribution in [-0.4, -0.2) is 35.8 Å². The highest BCUT2D eigenvalue weighted by atomic mass is 32.1. The number of carbonyl (C=O) groups excluding carboxylic acids is 2. The van der Waals surface area contributed by atoms with Crippen LogP contribution < -0.4 is 5.32 Å². The molecule has 0 bridgehead atoms. The largest absolute Gasteiger partial charge is 0.353 e. The molecule has 1 saturated heterocycles. The molecular formula is C21H30N2O2S. The number of thiophene rings is 1. The summed E-state index contributed by atoms with van der Waals surface area (Å²) in [6.45, 7) is 4.03. The number of aryl methyl sites for hydroxylation is 1. The van der Waals surface area contributed by atoms with Crippen LogP contribution in [-0.2, 0) is 17.6 Å². The van der Waals surface area contributed by atoms with E-state index in [0.717, 1.165) is 68.8 Å². The van der Waals surface area contributed by atoms with Crippen molar-refractivity contribution in [1.82, 2.24) is 10.2 Å². The van der Waals surface area contributed by atoms with E-state index >= 15 is 0 Å². The molecule has 4 rings (SSSR count). The lowest BCUT2D eigenvalue weighted by atomic mass is 9.87. The average molecular weight is 375 g/mol. The van der Waals surface area contributed by atoms with E-state index in [1.165, 1.54) is 23.3 Å². The molecule has 1 aromatic rings. The third-order valence-electron chi connectivity index (χ3n) is 6.44. The number of likely N-dealkylation sites (tertiary alicyclic amines) is 1. The standard InChI is InChI=1S/C21H30N2O2S/c1-14-8-10-23(11-9-14)21(25)19-13-16-12-15(6-7-18(16)26-19)20(24)22-17-4-2-3-5-17/h13-15,17H,2-12H2,1H3,(H,22,24)/t15-/m1/s1. The fourth-order valence-corrected chi connectivity index (χ4v) is 5.79. The normalized spacial score (nSPS) is 24.5. The number of hydrogen-bond donors (Lipinski definition) is 1. The molecule has 26 heavy (non-hydrogen) atoms. The molecule has 1 atom stereocenters. The number of piperidine rings is 1. The summed E-state index contributed by atoms with van der Waals surface area (Å²) in [5.74, 6) is 1.24. The van der Waals surface area contributed by atoms with Crippen LogP contribution in [0.25, 0.3) is 0 Å². The Morgan fingerprint density at radius 3 is 2.58 bits per heavy atom. The topological polar surface area (TPSA) is 49.4 Å². The maximum atomic E-state index is 12.8. The Morgan fingerprint density at radius 1 is 1.12 bits per heavy atom. The van der Waals surface area contributed by atoms with E-state index in [-0.39, 0.29) is 17.7 Å². The molecule has 1 aliphatic heterocycles. The van der Waals surface area contributed by atoms with E-state index in [1.807, 2.05) is 4.90 Å². The first-order valence-electron chi connectivity index (χ1n) is 10.3. The Bertz CT molecular complexity index is 670. The molecule has 1 N–H and O–H groups in total. The summed E-state index contributed by atoms with van der Waals surface area (Å²) in [6, 6.07) is 2.47. The molecule has 0 spiro atoms. The molecular weight excluding hydrogens is 344 g/mol. The van der Waals surface area contributed by atoms with E-state index < -0.39 is 0 Å². The monoisotopic (exact) mass is 374 g/mol. The second kappa shape index (κ2) is 7.71. The molecule has 5 heteroatoms. The van der Waals surface area contributed by atoms with Gasteiger partial charge in [-0.05, 0) is 62.5 Å². The smallest absolute Gasteiger partial charge is 0.263 e. The zero-order valence-electron chi connectivity index (χ0n) is 15.8. The highest BCUT2D eigenvalue weighted by Crippen LogP contribution is 2.34. The van der Waals surface area contributed by atoms with Gasteiger partial charge in [-0.3, -0.25) is 9.59 Å². The highest BCUT2D eigenvalue weighted by molar-refractivity contribution is 7.14. The van der Waals surface area contributed by atoms with Crippen molar-refractivity contribution in [3.8, 4) is 0 Å². The zero-order valence-corrected chi connectivity index (χ0v) is 16.6. The van der Waals surface area contributed by atoms with Gasteiger partial charge in [-0.1, -0.05) is 19.8 Å². The second-order valence-corrected chi connectivity index (χ2v) is 9.60. The first kappa shape index (κ1) is 18.0. The summed E-state index contributed by atoms with van der Waals surface area (Å²) >= 11 is 1.66. The van der Waals surface area contributed by atoms with Crippen molar-refractivity contribution in [2.75, 3.05) is 13.1 Å². The van der Waals surface area contributed by atoms with Gasteiger partial charge in [-0.15, -0.1) is 11.3 Å². The first-order valence-corrected chi connectivity index (χ1v) is 11.1. The van der Waals surface area contributed by atoms with Crippen LogP contribution in [0.2, 0.25) is 0 Å². The van der Waals surface area contributed by atoms with Crippen LogP contribution >= 0.6 is 11.3 Å². The molecule has 4 nitrogen and oxygen atoms in total. The van der Waals surface area contributed by atoms with Gasteiger partial charge >= 0.3 is 0 Å². The molecule has 0 unspecified atom stereocenters. The van der Waals surface area contributed by atoms with Gasteiger partial charge in [0.2, 0.25) is 5.91 Å². The summed E-state index contributed by atoms with van der Waals surface area (Å²) in [6.07, 6.45) is 9.63. The van der Waals surface area contributed by atoms with Gasteiger partial charge in [0.15, 0.2) is 0 Å². The number of nitrogens with one attached hydrogen (secondary N) is 1. The number of rotatable bonds is 3. The fraction of sp³-hybridized carbons (Fsp3) is 0.714. The average Bonchev–Trinajstić information content (AvgIpc) is 3.30. The van der Waals surface area contributed by atoms with Gasteiger partial charge in [-0.25, -0.2) is 0 Å². The zero-order chi connectivity index (χ0) is 18.1. The number of amides is 2. The van der Waals surface area contributed by atoms with Crippen molar-refractivity contribution in [3.05, 3.63) is 21.4 Å². The number of fused-ring (bicyclic) bond motifs is 1. The SMILES string of the molecule is CC1CCN(C(=O)c2cc3c(s2)CC[C@@H](C(=O)NC2CCCC2)C3)CC1. The van der Waals surface area contributed by atoms with Crippen molar-refractivity contribution in [3.63, 3.8) is 0 Å². The molecule has 1 aromatic heterocycles. The molecule has 2 fully saturated rings. The molecule has 2 amide bonds. The van der Waals surface area contributed by atoms with Gasteiger partial charge in [0, 0.05) is 29.9 Å². The summed E-state index contributed by atoms with van der Waals surface area (Å²) in [5.41, 5.74) is 1.24. The summed E-state index contributed by atoms with van der Waals surface area (Å²) in [5, 5.41) is 3.25. The van der Waals surface area contributed by atoms with E-state index in [0.29, 0.717) is 6.04 Å². The Kier molecular flexibility index (Phi) is 5.35. The summed E-state index contributed by atoms with van der Waals surface area (Å²) in [4.78, 5) is 29.6. The Balaban J connectivity index is 1.38. The predicted octanol–water partition coefficient (Wildman–Crippen LogP) is 3.78. The lowest BCUT2D eigenvalue weighted by Gasteiger charge is -2.29. The van der Waals surface area contributed by atoms with Crippen molar-refractivity contribution in [1.29, 1.82) is 0 Å². The summed E-state index contributed by atoms with van der Waals surface area (Å²) < 4.78 is 0. The van der Waals surface area contributed by atoms with Gasteiger partial charge < -0.3 is 10.2 Å². The van der Waals surface area contributed by atoms with E-state index in [2.05, 4.69) is 18.3 Å². The Hall–Kier alpha value is -1.36. The Morgan fingerprint density at radius 2 is 1.85 bits per heavy atom. The van der Waals surface area contributed by atoms with Crippen LogP contribution in [0.5, 0.6) is 0 Å². The molecule has 2 heterocycles. The van der Waals surface area contributed by atoms with Crippen LogP contribution in [0, 0.1) is 11.8 Å². The van der Waals surface area contributed by atoms with Crippen molar-refractivity contribution < 1.29 is 9.59 Å². The minimum Gasteiger partial charge on any atom is -0.353 e. The highest BCUT2D eigenvalue weighted by Gasteiger charge is 2.30. The first-order chi connectivity index (χ1) is 12.6. The number of carbonyl (C=O) groups is 2. The molecule has 0 aromatic carbocycles. The predicted molar refractivity (Wildman–Crippen MR) is 105 cm³/mol. The molecule has 2 aliphatic carbocycles. The lowest BCUT2D eigenvalue weighted by molar-refractivity contribution is -0.126. The van der Waals surface area contributed by atoms with Crippen LogP contribution in [0.1, 0.15) is 72.0 Å². The van der Waals surface area contributed by atoms with Gasteiger partial charge in [-0.2, -0.15) is 0 Å². The van der Waals surface area contributed by atoms with Crippen molar-refractivity contribution in [2.45, 2.75) is 70.8 Å². The van der Waals surface area contributed by atoms with Gasteiger partial charge in [0.1, 0.15) is 0 Å². The third-order valence-corrected chi connectivity index (χ3v) is 7.66. The molecule has 142 valence electrons. The summed E-state index contributed by atoms with van der Waals surface area (Å²) in [7, 11) is 0. The quantitative estimate of drug-likeness (QED) is 0.875. The minimum atomic E-state index is 0.0801. The van der Waals surface area contributed by atoms with E-state index in [4.69, 9.17) is 0 Å². The second-order valence-electron chi connectivity index (χ2n) is 8.46. The van der Waals surface area contributed by atoms with E-state index in [1.54, 1.807) is 11.3 Å². The molecule has 3 aliphatic rings. The minimum absolute atomic E-state index is 0.0801.